The fourth-order valence-corrected chi connectivity index (χ4v) is 8.51. The van der Waals surface area contributed by atoms with E-state index < -0.39 is 5.97 Å². The lowest BCUT2D eigenvalue weighted by Crippen LogP contribution is -2.25. The van der Waals surface area contributed by atoms with E-state index in [0.29, 0.717) is 36.7 Å². The van der Waals surface area contributed by atoms with Crippen LogP contribution in [0.4, 0.5) is 5.69 Å². The van der Waals surface area contributed by atoms with Gasteiger partial charge in [0.05, 0.1) is 23.5 Å². The maximum Gasteiger partial charge on any atom is 0.352 e. The fraction of sp³-hybridized carbons (Fsp3) is 0.462. The van der Waals surface area contributed by atoms with E-state index in [0.717, 1.165) is 102 Å². The Balaban J connectivity index is 0.00000220. The Hall–Kier alpha value is -3.93. The third-order valence-corrected chi connectivity index (χ3v) is 11.1. The zero-order valence-electron chi connectivity index (χ0n) is 30.5. The summed E-state index contributed by atoms with van der Waals surface area (Å²) in [5.74, 6) is 0.713. The molecular weight excluding hydrogens is 682 g/mol. The minimum Gasteiger partial charge on any atom is -0.491 e. The highest BCUT2D eigenvalue weighted by atomic mass is 35.5. The second kappa shape index (κ2) is 16.6. The van der Waals surface area contributed by atoms with Gasteiger partial charge in [-0.2, -0.15) is 10.2 Å². The van der Waals surface area contributed by atoms with Crippen LogP contribution in [0.1, 0.15) is 84.5 Å². The van der Waals surface area contributed by atoms with Crippen LogP contribution in [0.2, 0.25) is 5.02 Å². The predicted molar refractivity (Wildman–Crippen MR) is 209 cm³/mol. The Kier molecular flexibility index (Phi) is 12.0. The number of aromatic carboxylic acids is 1. The Morgan fingerprint density at radius 3 is 2.71 bits per heavy atom. The van der Waals surface area contributed by atoms with Crippen molar-refractivity contribution in [2.75, 3.05) is 38.6 Å². The molecule has 0 spiro atoms. The Morgan fingerprint density at radius 1 is 1.04 bits per heavy atom. The van der Waals surface area contributed by atoms with Crippen molar-refractivity contribution in [2.45, 2.75) is 76.0 Å². The highest BCUT2D eigenvalue weighted by Crippen LogP contribution is 2.39. The van der Waals surface area contributed by atoms with E-state index in [-0.39, 0.29) is 0 Å². The number of anilines is 1. The number of carbonyl (C=O) groups is 1. The number of hydrogen-bond acceptors (Lipinski definition) is 8. The molecule has 51 heavy (non-hydrogen) atoms. The standard InChI is InChI=1S/C37H44ClN7O3S.C2H6/c1-42-16-14-40-45-15-5-4-9-26(45)20-31-32(38)12-11-30-29(36(37(46)47)43(2)35(30)31)10-7-17-48-33-21-28(18-24-8-6-13-39-34(24)33)49-23-27-19-25(22-42)41-44(27)3;1-2/h11-12,14,18-21,39H,4-10,13,15-17,22-23H2,1-3H3,(H,46,47);1-2H3/b26-20+,40-14+;. The van der Waals surface area contributed by atoms with E-state index in [9.17, 15) is 9.90 Å². The maximum atomic E-state index is 12.7. The Morgan fingerprint density at radius 2 is 1.88 bits per heavy atom. The van der Waals surface area contributed by atoms with Crippen molar-refractivity contribution < 1.29 is 14.6 Å². The van der Waals surface area contributed by atoms with Gasteiger partial charge in [0, 0.05) is 84.5 Å². The molecular formula is C39H50ClN7O3S. The van der Waals surface area contributed by atoms with Gasteiger partial charge in [-0.3, -0.25) is 14.6 Å². The van der Waals surface area contributed by atoms with E-state index in [1.807, 2.05) is 51.0 Å². The fourth-order valence-electron chi connectivity index (χ4n) is 7.30. The number of piperidine rings is 1. The number of carboxylic acids is 1. The number of halogens is 1. The molecule has 10 nitrogen and oxygen atoms in total. The molecule has 0 atom stereocenters. The SMILES string of the molecule is CC.CN1C/C=N/N2CCCC/C2=C\c2c(Cl)ccc3c(c(C(=O)O)n(C)c23)CCCOc2cc(cc3c2NCCC3)SCc2cc(nn2C)C1. The molecule has 0 amide bonds. The highest BCUT2D eigenvalue weighted by molar-refractivity contribution is 7.98. The number of aryl methyl sites for hydroxylation is 4. The van der Waals surface area contributed by atoms with Crippen molar-refractivity contribution in [3.05, 3.63) is 74.8 Å². The summed E-state index contributed by atoms with van der Waals surface area (Å²) in [6.45, 7) is 7.60. The number of fused-ring (bicyclic) bond motifs is 7. The molecule has 0 saturated carbocycles. The van der Waals surface area contributed by atoms with Crippen molar-refractivity contribution in [1.29, 1.82) is 0 Å². The zero-order chi connectivity index (χ0) is 36.1. The largest absolute Gasteiger partial charge is 0.491 e. The van der Waals surface area contributed by atoms with Gasteiger partial charge in [0.25, 0.3) is 0 Å². The second-order valence-electron chi connectivity index (χ2n) is 13.2. The molecule has 12 heteroatoms. The first-order chi connectivity index (χ1) is 24.8. The molecule has 272 valence electrons. The summed E-state index contributed by atoms with van der Waals surface area (Å²) >= 11 is 8.68. The summed E-state index contributed by atoms with van der Waals surface area (Å²) in [6.07, 6.45) is 10.4. The lowest BCUT2D eigenvalue weighted by atomic mass is 10.0. The Bertz CT molecular complexity index is 1950. The van der Waals surface area contributed by atoms with E-state index in [4.69, 9.17) is 26.5 Å². The van der Waals surface area contributed by atoms with Crippen LogP contribution in [-0.4, -0.2) is 74.8 Å². The molecule has 0 unspecified atom stereocenters. The Labute approximate surface area is 310 Å². The molecule has 2 aromatic heterocycles. The number of nitrogens with zero attached hydrogens (tertiary/aromatic N) is 6. The van der Waals surface area contributed by atoms with E-state index in [2.05, 4.69) is 46.5 Å². The summed E-state index contributed by atoms with van der Waals surface area (Å²) in [5.41, 5.74) is 8.39. The molecule has 3 aliphatic heterocycles. The minimum atomic E-state index is -0.946. The van der Waals surface area contributed by atoms with Crippen LogP contribution in [0.25, 0.3) is 17.0 Å². The molecule has 7 rings (SSSR count). The van der Waals surface area contributed by atoms with Gasteiger partial charge in [0.2, 0.25) is 0 Å². The first kappa shape index (κ1) is 36.8. The summed E-state index contributed by atoms with van der Waals surface area (Å²) in [6, 6.07) is 10.5. The first-order valence-electron chi connectivity index (χ1n) is 18.2. The van der Waals surface area contributed by atoms with Crippen LogP contribution >= 0.6 is 23.4 Å². The zero-order valence-corrected chi connectivity index (χ0v) is 32.0. The monoisotopic (exact) mass is 731 g/mol. The van der Waals surface area contributed by atoms with Crippen LogP contribution in [0.15, 0.2) is 46.0 Å². The van der Waals surface area contributed by atoms with Gasteiger partial charge >= 0.3 is 5.97 Å². The minimum absolute atomic E-state index is 0.291. The summed E-state index contributed by atoms with van der Waals surface area (Å²) in [5, 5.41) is 27.3. The molecule has 3 aliphatic rings. The number of rotatable bonds is 1. The van der Waals surface area contributed by atoms with Gasteiger partial charge in [-0.05, 0) is 93.5 Å². The lowest BCUT2D eigenvalue weighted by molar-refractivity contribution is 0.0685. The summed E-state index contributed by atoms with van der Waals surface area (Å²) in [4.78, 5) is 16.1. The molecule has 8 bridgehead atoms. The number of hydrogen-bond donors (Lipinski definition) is 2. The van der Waals surface area contributed by atoms with Gasteiger partial charge in [0.15, 0.2) is 0 Å². The molecule has 5 heterocycles. The van der Waals surface area contributed by atoms with Crippen molar-refractivity contribution in [3.63, 3.8) is 0 Å². The van der Waals surface area contributed by atoms with Crippen molar-refractivity contribution >= 4 is 58.2 Å². The number of benzene rings is 2. The molecule has 0 aliphatic carbocycles. The van der Waals surface area contributed by atoms with Crippen LogP contribution in [0.3, 0.4) is 0 Å². The maximum absolute atomic E-state index is 12.7. The van der Waals surface area contributed by atoms with Crippen molar-refractivity contribution in [1.82, 2.24) is 24.3 Å². The second-order valence-corrected chi connectivity index (χ2v) is 14.7. The van der Waals surface area contributed by atoms with Gasteiger partial charge in [-0.1, -0.05) is 31.5 Å². The van der Waals surface area contributed by atoms with Crippen LogP contribution < -0.4 is 10.1 Å². The smallest absolute Gasteiger partial charge is 0.352 e. The molecule has 4 aromatic rings. The van der Waals surface area contributed by atoms with Crippen molar-refractivity contribution in [3.8, 4) is 5.75 Å². The quantitative estimate of drug-likeness (QED) is 0.202. The highest BCUT2D eigenvalue weighted by Gasteiger charge is 2.25. The summed E-state index contributed by atoms with van der Waals surface area (Å²) in [7, 11) is 5.93. The normalized spacial score (nSPS) is 18.9. The number of allylic oxidation sites excluding steroid dienone is 1. The average molecular weight is 732 g/mol. The third kappa shape index (κ3) is 8.10. The molecule has 1 fully saturated rings. The topological polar surface area (TPSA) is 100 Å². The number of ether oxygens (including phenoxy) is 1. The third-order valence-electron chi connectivity index (χ3n) is 9.71. The van der Waals surface area contributed by atoms with E-state index >= 15 is 0 Å². The number of hydrazone groups is 1. The molecule has 2 aromatic carbocycles. The predicted octanol–water partition coefficient (Wildman–Crippen LogP) is 8.21. The lowest BCUT2D eigenvalue weighted by Gasteiger charge is -2.27. The van der Waals surface area contributed by atoms with E-state index in [1.165, 1.54) is 16.2 Å². The van der Waals surface area contributed by atoms with Crippen LogP contribution in [0, 0.1) is 0 Å². The van der Waals surface area contributed by atoms with Crippen LogP contribution in [0.5, 0.6) is 5.75 Å². The van der Waals surface area contributed by atoms with E-state index in [1.54, 1.807) is 16.3 Å². The van der Waals surface area contributed by atoms with Crippen LogP contribution in [-0.2, 0) is 39.2 Å². The van der Waals surface area contributed by atoms with Gasteiger partial charge in [-0.15, -0.1) is 11.8 Å². The van der Waals surface area contributed by atoms with Crippen molar-refractivity contribution in [2.24, 2.45) is 19.2 Å². The summed E-state index contributed by atoms with van der Waals surface area (Å²) < 4.78 is 10.3. The van der Waals surface area contributed by atoms with Gasteiger partial charge in [0.1, 0.15) is 11.4 Å². The first-order valence-corrected chi connectivity index (χ1v) is 19.5. The number of aromatic nitrogens is 3. The number of thioether (sulfide) groups is 1. The van der Waals surface area contributed by atoms with Gasteiger partial charge < -0.3 is 19.7 Å². The average Bonchev–Trinajstić information content (AvgIpc) is 3.62. The number of nitrogens with one attached hydrogen (secondary N) is 1. The van der Waals surface area contributed by atoms with Gasteiger partial charge in [-0.25, -0.2) is 4.79 Å². The molecule has 2 N–H and O–H groups in total. The number of carboxylic acid groups (broad SMARTS) is 1. The molecule has 1 saturated heterocycles. The molecule has 0 radical (unpaired) electrons.